The van der Waals surface area contributed by atoms with Crippen LogP contribution in [0.2, 0.25) is 0 Å². The second kappa shape index (κ2) is 1.70. The van der Waals surface area contributed by atoms with Crippen molar-refractivity contribution in [1.82, 2.24) is 15.2 Å². The molecule has 2 heterocycles. The molecule has 10 heavy (non-hydrogen) atoms. The number of rotatable bonds is 0. The van der Waals surface area contributed by atoms with Gasteiger partial charge in [0.25, 0.3) is 0 Å². The van der Waals surface area contributed by atoms with Crippen LogP contribution in [-0.2, 0) is 0 Å². The van der Waals surface area contributed by atoms with E-state index in [-0.39, 0.29) is 5.75 Å². The monoisotopic (exact) mass is 135 g/mol. The molecule has 0 saturated heterocycles. The number of nitrogens with one attached hydrogen (secondary N) is 1. The zero-order chi connectivity index (χ0) is 6.97. The van der Waals surface area contributed by atoms with Crippen molar-refractivity contribution in [3.05, 3.63) is 18.5 Å². The molecule has 0 saturated carbocycles. The predicted molar refractivity (Wildman–Crippen MR) is 35.6 cm³/mol. The SMILES string of the molecule is Oc1cnc2cn[nH]c2c1. The van der Waals surface area contributed by atoms with Crippen molar-refractivity contribution in [2.45, 2.75) is 0 Å². The van der Waals surface area contributed by atoms with Crippen LogP contribution in [0.4, 0.5) is 0 Å². The zero-order valence-electron chi connectivity index (χ0n) is 5.07. The molecular weight excluding hydrogens is 130 g/mol. The van der Waals surface area contributed by atoms with E-state index in [9.17, 15) is 0 Å². The third-order valence-electron chi connectivity index (χ3n) is 1.28. The minimum atomic E-state index is 0.150. The molecule has 4 heteroatoms. The number of H-pyrrole nitrogens is 1. The minimum Gasteiger partial charge on any atom is -0.506 e. The smallest absolute Gasteiger partial charge is 0.136 e. The van der Waals surface area contributed by atoms with Gasteiger partial charge in [-0.1, -0.05) is 0 Å². The molecule has 0 aliphatic carbocycles. The van der Waals surface area contributed by atoms with Crippen LogP contribution >= 0.6 is 0 Å². The van der Waals surface area contributed by atoms with Crippen molar-refractivity contribution in [3.8, 4) is 5.75 Å². The molecule has 0 aliphatic rings. The predicted octanol–water partition coefficient (Wildman–Crippen LogP) is 0.663. The van der Waals surface area contributed by atoms with Crippen molar-refractivity contribution >= 4 is 11.0 Å². The van der Waals surface area contributed by atoms with Gasteiger partial charge in [-0.25, -0.2) is 4.98 Å². The van der Waals surface area contributed by atoms with E-state index in [1.807, 2.05) is 0 Å². The van der Waals surface area contributed by atoms with Gasteiger partial charge in [-0.05, 0) is 0 Å². The van der Waals surface area contributed by atoms with Gasteiger partial charge in [-0.3, -0.25) is 5.10 Å². The Bertz CT molecular complexity index is 355. The summed E-state index contributed by atoms with van der Waals surface area (Å²) >= 11 is 0. The average molecular weight is 135 g/mol. The third kappa shape index (κ3) is 0.621. The Hall–Kier alpha value is -1.58. The van der Waals surface area contributed by atoms with Crippen LogP contribution in [0.15, 0.2) is 18.5 Å². The van der Waals surface area contributed by atoms with E-state index in [2.05, 4.69) is 15.2 Å². The standard InChI is InChI=1S/C6H5N3O/c10-4-1-5-6(7-2-4)3-8-9-5/h1-3,10H,(H,8,9). The fourth-order valence-corrected chi connectivity index (χ4v) is 0.820. The maximum atomic E-state index is 8.94. The van der Waals surface area contributed by atoms with Crippen LogP contribution in [-0.4, -0.2) is 20.3 Å². The first-order chi connectivity index (χ1) is 4.86. The number of pyridine rings is 1. The highest BCUT2D eigenvalue weighted by molar-refractivity contribution is 5.74. The Labute approximate surface area is 56.5 Å². The molecule has 0 fully saturated rings. The molecule has 0 aromatic carbocycles. The maximum Gasteiger partial charge on any atom is 0.136 e. The third-order valence-corrected chi connectivity index (χ3v) is 1.28. The number of hydrogen-bond acceptors (Lipinski definition) is 3. The van der Waals surface area contributed by atoms with Crippen molar-refractivity contribution in [2.75, 3.05) is 0 Å². The molecule has 0 atom stereocenters. The van der Waals surface area contributed by atoms with Gasteiger partial charge >= 0.3 is 0 Å². The van der Waals surface area contributed by atoms with Gasteiger partial charge in [-0.2, -0.15) is 5.10 Å². The van der Waals surface area contributed by atoms with Crippen molar-refractivity contribution in [3.63, 3.8) is 0 Å². The second-order valence-corrected chi connectivity index (χ2v) is 2.00. The normalized spacial score (nSPS) is 10.4. The van der Waals surface area contributed by atoms with Crippen LogP contribution < -0.4 is 0 Å². The molecule has 4 nitrogen and oxygen atoms in total. The molecule has 50 valence electrons. The van der Waals surface area contributed by atoms with Gasteiger partial charge in [-0.15, -0.1) is 0 Å². The van der Waals surface area contributed by atoms with Gasteiger partial charge in [0.05, 0.1) is 17.9 Å². The topological polar surface area (TPSA) is 61.8 Å². The molecule has 2 aromatic heterocycles. The van der Waals surface area contributed by atoms with E-state index in [0.29, 0.717) is 0 Å². The number of aromatic amines is 1. The molecular formula is C6H5N3O. The summed E-state index contributed by atoms with van der Waals surface area (Å²) in [6.45, 7) is 0. The first kappa shape index (κ1) is 5.22. The highest BCUT2D eigenvalue weighted by Gasteiger charge is 1.95. The number of aromatic hydroxyl groups is 1. The highest BCUT2D eigenvalue weighted by atomic mass is 16.3. The van der Waals surface area contributed by atoms with Gasteiger partial charge in [0.2, 0.25) is 0 Å². The molecule has 0 unspecified atom stereocenters. The van der Waals surface area contributed by atoms with Gasteiger partial charge in [0, 0.05) is 6.07 Å². The summed E-state index contributed by atoms with van der Waals surface area (Å²) in [5.41, 5.74) is 1.51. The molecule has 0 amide bonds. The largest absolute Gasteiger partial charge is 0.506 e. The first-order valence-electron chi connectivity index (χ1n) is 2.84. The summed E-state index contributed by atoms with van der Waals surface area (Å²) in [6.07, 6.45) is 2.99. The van der Waals surface area contributed by atoms with E-state index in [1.54, 1.807) is 12.3 Å². The lowest BCUT2D eigenvalue weighted by molar-refractivity contribution is 0.474. The summed E-state index contributed by atoms with van der Waals surface area (Å²) in [7, 11) is 0. The average Bonchev–Trinajstić information content (AvgIpc) is 2.33. The van der Waals surface area contributed by atoms with Crippen LogP contribution in [0.25, 0.3) is 11.0 Å². The molecule has 2 N–H and O–H groups in total. The van der Waals surface area contributed by atoms with E-state index in [4.69, 9.17) is 5.11 Å². The van der Waals surface area contributed by atoms with Crippen LogP contribution in [0.3, 0.4) is 0 Å². The van der Waals surface area contributed by atoms with Gasteiger partial charge in [0.15, 0.2) is 0 Å². The van der Waals surface area contributed by atoms with E-state index in [0.717, 1.165) is 11.0 Å². The molecule has 2 rings (SSSR count). The summed E-state index contributed by atoms with van der Waals surface area (Å²) in [4.78, 5) is 3.90. The zero-order valence-corrected chi connectivity index (χ0v) is 5.07. The molecule has 0 aliphatic heterocycles. The Morgan fingerprint density at radius 3 is 3.20 bits per heavy atom. The summed E-state index contributed by atoms with van der Waals surface area (Å²) < 4.78 is 0. The Balaban J connectivity index is 2.86. The molecule has 2 aromatic rings. The Morgan fingerprint density at radius 2 is 2.30 bits per heavy atom. The van der Waals surface area contributed by atoms with E-state index < -0.39 is 0 Å². The molecule has 0 radical (unpaired) electrons. The lowest BCUT2D eigenvalue weighted by Crippen LogP contribution is -1.72. The van der Waals surface area contributed by atoms with Crippen molar-refractivity contribution < 1.29 is 5.11 Å². The second-order valence-electron chi connectivity index (χ2n) is 2.00. The van der Waals surface area contributed by atoms with Crippen LogP contribution in [0.1, 0.15) is 0 Å². The minimum absolute atomic E-state index is 0.150. The van der Waals surface area contributed by atoms with Crippen molar-refractivity contribution in [2.24, 2.45) is 0 Å². The summed E-state index contributed by atoms with van der Waals surface area (Å²) in [6, 6.07) is 1.58. The number of nitrogens with zero attached hydrogens (tertiary/aromatic N) is 2. The number of aromatic nitrogens is 3. The number of hydrogen-bond donors (Lipinski definition) is 2. The molecule has 0 spiro atoms. The lowest BCUT2D eigenvalue weighted by Gasteiger charge is -1.87. The number of fused-ring (bicyclic) bond motifs is 1. The molecule has 0 bridgehead atoms. The summed E-state index contributed by atoms with van der Waals surface area (Å²) in [5.74, 6) is 0.150. The van der Waals surface area contributed by atoms with Gasteiger partial charge in [0.1, 0.15) is 11.3 Å². The van der Waals surface area contributed by atoms with E-state index in [1.165, 1.54) is 6.20 Å². The lowest BCUT2D eigenvalue weighted by atomic mass is 10.4. The van der Waals surface area contributed by atoms with Crippen LogP contribution in [0, 0.1) is 0 Å². The van der Waals surface area contributed by atoms with Crippen LogP contribution in [0.5, 0.6) is 5.75 Å². The fraction of sp³-hybridized carbons (Fsp3) is 0. The maximum absolute atomic E-state index is 8.94. The fourth-order valence-electron chi connectivity index (χ4n) is 0.820. The Kier molecular flexibility index (Phi) is 0.887. The summed E-state index contributed by atoms with van der Waals surface area (Å²) in [5, 5.41) is 15.4. The van der Waals surface area contributed by atoms with Gasteiger partial charge < -0.3 is 5.11 Å². The van der Waals surface area contributed by atoms with E-state index >= 15 is 0 Å². The highest BCUT2D eigenvalue weighted by Crippen LogP contribution is 2.12. The van der Waals surface area contributed by atoms with Crippen molar-refractivity contribution in [1.29, 1.82) is 0 Å². The first-order valence-corrected chi connectivity index (χ1v) is 2.84. The quantitative estimate of drug-likeness (QED) is 0.557. The Morgan fingerprint density at radius 1 is 1.40 bits per heavy atom.